The minimum atomic E-state index is -0.388. The van der Waals surface area contributed by atoms with E-state index >= 15 is 0 Å². The van der Waals surface area contributed by atoms with Crippen LogP contribution >= 0.6 is 11.6 Å². The second kappa shape index (κ2) is 6.21. The highest BCUT2D eigenvalue weighted by Gasteiger charge is 2.18. The van der Waals surface area contributed by atoms with Crippen molar-refractivity contribution in [3.63, 3.8) is 0 Å². The molecule has 0 bridgehead atoms. The van der Waals surface area contributed by atoms with Crippen LogP contribution < -0.4 is 5.32 Å². The number of hydrogen-bond donors (Lipinski definition) is 1. The smallest absolute Gasteiger partial charge is 0.241 e. The first kappa shape index (κ1) is 14.1. The van der Waals surface area contributed by atoms with Gasteiger partial charge in [-0.1, -0.05) is 11.6 Å². The van der Waals surface area contributed by atoms with Crippen molar-refractivity contribution in [2.75, 3.05) is 45.1 Å². The molecule has 1 aromatic carbocycles. The lowest BCUT2D eigenvalue weighted by Crippen LogP contribution is -2.48. The third-order valence-corrected chi connectivity index (χ3v) is 3.53. The van der Waals surface area contributed by atoms with Gasteiger partial charge in [-0.25, -0.2) is 4.39 Å². The Hall–Kier alpha value is -1.33. The van der Waals surface area contributed by atoms with Crippen LogP contribution in [0.1, 0.15) is 0 Å². The number of carbonyl (C=O) groups is 1. The molecule has 0 atom stereocenters. The van der Waals surface area contributed by atoms with Crippen molar-refractivity contribution in [2.45, 2.75) is 0 Å². The summed E-state index contributed by atoms with van der Waals surface area (Å²) in [5.74, 6) is -0.352. The monoisotopic (exact) mass is 285 g/mol. The number of nitrogens with one attached hydrogen (secondary N) is 1. The minimum absolute atomic E-state index is 0.0356. The molecular weight excluding hydrogens is 269 g/mol. The van der Waals surface area contributed by atoms with E-state index in [1.54, 1.807) is 0 Å². The average Bonchev–Trinajstić information content (AvgIpc) is 2.38. The lowest BCUT2D eigenvalue weighted by atomic mass is 10.3. The van der Waals surface area contributed by atoms with Crippen LogP contribution in [0.5, 0.6) is 0 Å². The van der Waals surface area contributed by atoms with Crippen LogP contribution in [-0.2, 0) is 4.79 Å². The summed E-state index contributed by atoms with van der Waals surface area (Å²) in [5.41, 5.74) is 0.575. The summed E-state index contributed by atoms with van der Waals surface area (Å²) in [6.07, 6.45) is 0. The number of amides is 1. The zero-order chi connectivity index (χ0) is 13.8. The summed E-state index contributed by atoms with van der Waals surface area (Å²) in [6, 6.07) is 4.08. The van der Waals surface area contributed by atoms with E-state index in [1.165, 1.54) is 18.2 Å². The molecule has 1 amide bonds. The highest BCUT2D eigenvalue weighted by atomic mass is 35.5. The fourth-order valence-corrected chi connectivity index (χ4v) is 2.21. The van der Waals surface area contributed by atoms with E-state index in [1.807, 2.05) is 11.9 Å². The summed E-state index contributed by atoms with van der Waals surface area (Å²) in [5, 5.41) is 3.23. The Kier molecular flexibility index (Phi) is 4.61. The molecular formula is C13H17ClFN3O. The van der Waals surface area contributed by atoms with Gasteiger partial charge in [0.05, 0.1) is 17.3 Å². The molecule has 1 aliphatic heterocycles. The van der Waals surface area contributed by atoms with Gasteiger partial charge in [0.15, 0.2) is 0 Å². The predicted molar refractivity (Wildman–Crippen MR) is 74.0 cm³/mol. The van der Waals surface area contributed by atoms with Gasteiger partial charge in [0, 0.05) is 26.2 Å². The lowest BCUT2D eigenvalue weighted by molar-refractivity contribution is -0.130. The number of anilines is 1. The van der Waals surface area contributed by atoms with Crippen molar-refractivity contribution in [2.24, 2.45) is 0 Å². The van der Waals surface area contributed by atoms with Crippen LogP contribution in [0.25, 0.3) is 0 Å². The average molecular weight is 286 g/mol. The molecule has 4 nitrogen and oxygen atoms in total. The van der Waals surface area contributed by atoms with Gasteiger partial charge in [0.25, 0.3) is 0 Å². The summed E-state index contributed by atoms with van der Waals surface area (Å²) in [7, 11) is 2.04. The van der Waals surface area contributed by atoms with Gasteiger partial charge in [0.1, 0.15) is 5.82 Å². The van der Waals surface area contributed by atoms with Crippen LogP contribution in [-0.4, -0.2) is 55.5 Å². The molecule has 0 unspecified atom stereocenters. The van der Waals surface area contributed by atoms with Gasteiger partial charge >= 0.3 is 0 Å². The van der Waals surface area contributed by atoms with E-state index < -0.39 is 0 Å². The van der Waals surface area contributed by atoms with Crippen LogP contribution in [0.15, 0.2) is 18.2 Å². The van der Waals surface area contributed by atoms with E-state index in [9.17, 15) is 9.18 Å². The lowest BCUT2D eigenvalue weighted by Gasteiger charge is -2.32. The van der Waals surface area contributed by atoms with Crippen molar-refractivity contribution >= 4 is 23.2 Å². The molecule has 0 spiro atoms. The Labute approximate surface area is 117 Å². The van der Waals surface area contributed by atoms with E-state index in [0.717, 1.165) is 26.2 Å². The maximum absolute atomic E-state index is 12.9. The molecule has 0 saturated carbocycles. The number of likely N-dealkylation sites (N-methyl/N-ethyl adjacent to an activating group) is 1. The van der Waals surface area contributed by atoms with Crippen LogP contribution in [0.3, 0.4) is 0 Å². The van der Waals surface area contributed by atoms with Gasteiger partial charge in [-0.05, 0) is 25.2 Å². The van der Waals surface area contributed by atoms with Crippen LogP contribution in [0.4, 0.5) is 10.1 Å². The number of carbonyl (C=O) groups excluding carboxylic acids is 1. The quantitative estimate of drug-likeness (QED) is 0.918. The molecule has 6 heteroatoms. The number of hydrogen-bond acceptors (Lipinski definition) is 3. The van der Waals surface area contributed by atoms with Crippen molar-refractivity contribution in [1.82, 2.24) is 9.80 Å². The second-order valence-electron chi connectivity index (χ2n) is 4.66. The number of nitrogens with zero attached hydrogens (tertiary/aromatic N) is 2. The Balaban J connectivity index is 1.86. The van der Waals surface area contributed by atoms with Crippen LogP contribution in [0.2, 0.25) is 5.02 Å². The number of rotatable bonds is 3. The molecule has 0 aliphatic carbocycles. The number of halogens is 2. The van der Waals surface area contributed by atoms with E-state index in [-0.39, 0.29) is 23.3 Å². The van der Waals surface area contributed by atoms with Gasteiger partial charge in [-0.3, -0.25) is 4.79 Å². The molecule has 2 rings (SSSR count). The molecule has 19 heavy (non-hydrogen) atoms. The normalized spacial score (nSPS) is 16.5. The van der Waals surface area contributed by atoms with Crippen LogP contribution in [0, 0.1) is 5.82 Å². The van der Waals surface area contributed by atoms with Crippen molar-refractivity contribution in [3.05, 3.63) is 29.0 Å². The molecule has 1 aliphatic rings. The highest BCUT2D eigenvalue weighted by molar-refractivity contribution is 6.33. The van der Waals surface area contributed by atoms with E-state index in [2.05, 4.69) is 10.2 Å². The third-order valence-electron chi connectivity index (χ3n) is 3.22. The minimum Gasteiger partial charge on any atom is -0.375 e. The molecule has 1 saturated heterocycles. The fourth-order valence-electron chi connectivity index (χ4n) is 1.97. The topological polar surface area (TPSA) is 35.6 Å². The molecule has 1 N–H and O–H groups in total. The molecule has 104 valence electrons. The Bertz CT molecular complexity index is 461. The van der Waals surface area contributed by atoms with Crippen molar-refractivity contribution < 1.29 is 9.18 Å². The van der Waals surface area contributed by atoms with Gasteiger partial charge in [0.2, 0.25) is 5.91 Å². The molecule has 1 fully saturated rings. The van der Waals surface area contributed by atoms with Crippen molar-refractivity contribution in [3.8, 4) is 0 Å². The summed E-state index contributed by atoms with van der Waals surface area (Å²) in [4.78, 5) is 16.0. The summed E-state index contributed by atoms with van der Waals surface area (Å²) >= 11 is 5.88. The maximum atomic E-state index is 12.9. The Morgan fingerprint density at radius 2 is 2.05 bits per heavy atom. The van der Waals surface area contributed by atoms with E-state index in [0.29, 0.717) is 5.69 Å². The molecule has 1 aromatic rings. The summed E-state index contributed by atoms with van der Waals surface area (Å²) < 4.78 is 12.9. The Morgan fingerprint density at radius 1 is 1.37 bits per heavy atom. The second-order valence-corrected chi connectivity index (χ2v) is 5.07. The largest absolute Gasteiger partial charge is 0.375 e. The summed E-state index contributed by atoms with van der Waals surface area (Å²) in [6.45, 7) is 3.45. The Morgan fingerprint density at radius 3 is 2.68 bits per heavy atom. The van der Waals surface area contributed by atoms with Gasteiger partial charge in [-0.15, -0.1) is 0 Å². The third kappa shape index (κ3) is 3.81. The number of piperazine rings is 1. The first-order valence-corrected chi connectivity index (χ1v) is 6.59. The highest BCUT2D eigenvalue weighted by Crippen LogP contribution is 2.22. The SMILES string of the molecule is CN1CCN(C(=O)CNc2ccc(F)cc2Cl)CC1. The first-order chi connectivity index (χ1) is 9.06. The number of benzene rings is 1. The molecule has 0 radical (unpaired) electrons. The zero-order valence-electron chi connectivity index (χ0n) is 10.8. The first-order valence-electron chi connectivity index (χ1n) is 6.21. The standard InChI is InChI=1S/C13H17ClFN3O/c1-17-4-6-18(7-5-17)13(19)9-16-12-3-2-10(15)8-11(12)14/h2-3,8,16H,4-7,9H2,1H3. The zero-order valence-corrected chi connectivity index (χ0v) is 11.6. The predicted octanol–water partition coefficient (Wildman–Crippen LogP) is 1.66. The van der Waals surface area contributed by atoms with Gasteiger partial charge in [-0.2, -0.15) is 0 Å². The molecule has 0 aromatic heterocycles. The fraction of sp³-hybridized carbons (Fsp3) is 0.462. The maximum Gasteiger partial charge on any atom is 0.241 e. The van der Waals surface area contributed by atoms with E-state index in [4.69, 9.17) is 11.6 Å². The molecule has 1 heterocycles. The van der Waals surface area contributed by atoms with Crippen molar-refractivity contribution in [1.29, 1.82) is 0 Å². The van der Waals surface area contributed by atoms with Gasteiger partial charge < -0.3 is 15.1 Å².